The average molecular weight is 308 g/mol. The quantitative estimate of drug-likeness (QED) is 0.812. The summed E-state index contributed by atoms with van der Waals surface area (Å²) in [7, 11) is 0. The molecule has 5 nitrogen and oxygen atoms in total. The molecule has 2 N–H and O–H groups in total. The first-order chi connectivity index (χ1) is 10.2. The second-order valence-electron chi connectivity index (χ2n) is 6.22. The fourth-order valence-electron chi connectivity index (χ4n) is 3.02. The molecule has 0 saturated carbocycles. The lowest BCUT2D eigenvalue weighted by molar-refractivity contribution is -0.149. The molecule has 0 fully saturated rings. The number of nitrogens with one attached hydrogen (secondary N) is 1. The maximum atomic E-state index is 12.4. The predicted octanol–water partition coefficient (Wildman–Crippen LogP) is 3.31. The molecule has 5 heteroatoms. The highest BCUT2D eigenvalue weighted by atomic mass is 16.4. The van der Waals surface area contributed by atoms with Crippen molar-refractivity contribution in [3.63, 3.8) is 0 Å². The molecule has 0 aliphatic heterocycles. The van der Waals surface area contributed by atoms with Crippen molar-refractivity contribution in [1.29, 1.82) is 0 Å². The topological polar surface area (TPSA) is 71.3 Å². The van der Waals surface area contributed by atoms with Crippen LogP contribution in [0.25, 0.3) is 0 Å². The van der Waals surface area contributed by atoms with E-state index in [4.69, 9.17) is 0 Å². The van der Waals surface area contributed by atoms with E-state index in [0.717, 1.165) is 11.4 Å². The van der Waals surface area contributed by atoms with Gasteiger partial charge in [0.2, 0.25) is 0 Å². The first kappa shape index (κ1) is 18.3. The molecule has 1 rings (SSSR count). The maximum Gasteiger partial charge on any atom is 0.311 e. The van der Waals surface area contributed by atoms with Crippen molar-refractivity contribution in [3.8, 4) is 0 Å². The van der Waals surface area contributed by atoms with Crippen LogP contribution in [-0.4, -0.2) is 28.1 Å². The van der Waals surface area contributed by atoms with E-state index in [1.54, 1.807) is 0 Å². The van der Waals surface area contributed by atoms with E-state index >= 15 is 0 Å². The van der Waals surface area contributed by atoms with Crippen molar-refractivity contribution >= 4 is 11.9 Å². The number of carboxylic acids is 1. The standard InChI is InChI=1S/C17H28N2O3/c1-7-17(8-2,16(21)22)10-18-15(20)14-9-12(5)19(11(3)4)13(14)6/h9,11H,7-8,10H2,1-6H3,(H,18,20)(H,21,22). The van der Waals surface area contributed by atoms with Gasteiger partial charge in [0.15, 0.2) is 0 Å². The van der Waals surface area contributed by atoms with Crippen LogP contribution in [0.5, 0.6) is 0 Å². The Morgan fingerprint density at radius 2 is 1.82 bits per heavy atom. The molecule has 0 atom stereocenters. The lowest BCUT2D eigenvalue weighted by atomic mass is 9.82. The average Bonchev–Trinajstić information content (AvgIpc) is 2.75. The maximum absolute atomic E-state index is 12.4. The van der Waals surface area contributed by atoms with Gasteiger partial charge in [-0.3, -0.25) is 9.59 Å². The number of carbonyl (C=O) groups excluding carboxylic acids is 1. The van der Waals surface area contributed by atoms with Gasteiger partial charge in [-0.2, -0.15) is 0 Å². The van der Waals surface area contributed by atoms with Gasteiger partial charge in [0.05, 0.1) is 11.0 Å². The molecule has 0 radical (unpaired) electrons. The number of carboxylic acid groups (broad SMARTS) is 1. The normalized spacial score (nSPS) is 11.8. The molecule has 0 saturated heterocycles. The van der Waals surface area contributed by atoms with Crippen LogP contribution < -0.4 is 5.32 Å². The molecule has 0 spiro atoms. The lowest BCUT2D eigenvalue weighted by Gasteiger charge is -2.26. The summed E-state index contributed by atoms with van der Waals surface area (Å²) in [6, 6.07) is 2.15. The van der Waals surface area contributed by atoms with Crippen molar-refractivity contribution in [2.75, 3.05) is 6.54 Å². The number of rotatable bonds is 7. The molecule has 1 aromatic rings. The van der Waals surface area contributed by atoms with E-state index in [2.05, 4.69) is 23.7 Å². The van der Waals surface area contributed by atoms with Crippen molar-refractivity contribution in [2.24, 2.45) is 5.41 Å². The fourth-order valence-corrected chi connectivity index (χ4v) is 3.02. The van der Waals surface area contributed by atoms with E-state index in [1.807, 2.05) is 33.8 Å². The van der Waals surface area contributed by atoms with Gasteiger partial charge in [0.1, 0.15) is 0 Å². The minimum absolute atomic E-state index is 0.152. The monoisotopic (exact) mass is 308 g/mol. The highest BCUT2D eigenvalue weighted by Gasteiger charge is 2.35. The summed E-state index contributed by atoms with van der Waals surface area (Å²) < 4.78 is 2.11. The molecule has 0 aromatic carbocycles. The van der Waals surface area contributed by atoms with Crippen LogP contribution in [0.4, 0.5) is 0 Å². The van der Waals surface area contributed by atoms with Gasteiger partial charge in [-0.1, -0.05) is 13.8 Å². The number of aryl methyl sites for hydroxylation is 1. The van der Waals surface area contributed by atoms with E-state index in [9.17, 15) is 14.7 Å². The number of hydrogen-bond donors (Lipinski definition) is 2. The number of aromatic nitrogens is 1. The zero-order valence-corrected chi connectivity index (χ0v) is 14.5. The Kier molecular flexibility index (Phi) is 5.80. The Balaban J connectivity index is 2.95. The largest absolute Gasteiger partial charge is 0.481 e. The molecule has 0 aliphatic rings. The van der Waals surface area contributed by atoms with Crippen LogP contribution in [0.15, 0.2) is 6.07 Å². The summed E-state index contributed by atoms with van der Waals surface area (Å²) in [5.74, 6) is -1.06. The highest BCUT2D eigenvalue weighted by Crippen LogP contribution is 2.26. The SMILES string of the molecule is CCC(CC)(CNC(=O)c1cc(C)n(C(C)C)c1C)C(=O)O. The van der Waals surface area contributed by atoms with Crippen LogP contribution in [0.2, 0.25) is 0 Å². The number of amides is 1. The van der Waals surface area contributed by atoms with Crippen molar-refractivity contribution in [1.82, 2.24) is 9.88 Å². The number of aliphatic carboxylic acids is 1. The third-order valence-electron chi connectivity index (χ3n) is 4.64. The summed E-state index contributed by atoms with van der Waals surface area (Å²) >= 11 is 0. The predicted molar refractivity (Wildman–Crippen MR) is 87.3 cm³/mol. The van der Waals surface area contributed by atoms with Gasteiger partial charge in [-0.25, -0.2) is 0 Å². The highest BCUT2D eigenvalue weighted by molar-refractivity contribution is 5.96. The molecule has 1 aromatic heterocycles. The van der Waals surface area contributed by atoms with Gasteiger partial charge < -0.3 is 15.0 Å². The molecular formula is C17H28N2O3. The summed E-state index contributed by atoms with van der Waals surface area (Å²) in [5, 5.41) is 12.2. The summed E-state index contributed by atoms with van der Waals surface area (Å²) in [4.78, 5) is 23.9. The molecule has 0 unspecified atom stereocenters. The Morgan fingerprint density at radius 3 is 2.18 bits per heavy atom. The van der Waals surface area contributed by atoms with Crippen molar-refractivity contribution in [2.45, 2.75) is 60.4 Å². The van der Waals surface area contributed by atoms with Gasteiger partial charge in [0, 0.05) is 24.0 Å². The Labute approximate surface area is 132 Å². The number of carbonyl (C=O) groups is 2. The molecule has 0 aliphatic carbocycles. The van der Waals surface area contributed by atoms with Gasteiger partial charge in [0.25, 0.3) is 5.91 Å². The van der Waals surface area contributed by atoms with E-state index in [1.165, 1.54) is 0 Å². The van der Waals surface area contributed by atoms with E-state index in [0.29, 0.717) is 18.4 Å². The molecule has 124 valence electrons. The van der Waals surface area contributed by atoms with Gasteiger partial charge in [-0.15, -0.1) is 0 Å². The lowest BCUT2D eigenvalue weighted by Crippen LogP contribution is -2.42. The van der Waals surface area contributed by atoms with Crippen LogP contribution in [0.3, 0.4) is 0 Å². The first-order valence-electron chi connectivity index (χ1n) is 7.90. The van der Waals surface area contributed by atoms with Crippen molar-refractivity contribution in [3.05, 3.63) is 23.0 Å². The van der Waals surface area contributed by atoms with E-state index < -0.39 is 11.4 Å². The Bertz CT molecular complexity index is 554. The van der Waals surface area contributed by atoms with Crippen molar-refractivity contribution < 1.29 is 14.7 Å². The first-order valence-corrected chi connectivity index (χ1v) is 7.90. The second-order valence-corrected chi connectivity index (χ2v) is 6.22. The minimum Gasteiger partial charge on any atom is -0.481 e. The summed E-state index contributed by atoms with van der Waals surface area (Å²) in [5.41, 5.74) is 1.68. The third kappa shape index (κ3) is 3.34. The number of nitrogens with zero attached hydrogens (tertiary/aromatic N) is 1. The zero-order chi connectivity index (χ0) is 17.1. The molecule has 22 heavy (non-hydrogen) atoms. The summed E-state index contributed by atoms with van der Waals surface area (Å²) in [6.07, 6.45) is 0.980. The number of hydrogen-bond acceptors (Lipinski definition) is 2. The van der Waals surface area contributed by atoms with Crippen LogP contribution >= 0.6 is 0 Å². The van der Waals surface area contributed by atoms with Gasteiger partial charge in [-0.05, 0) is 46.6 Å². The minimum atomic E-state index is -0.890. The van der Waals surface area contributed by atoms with Crippen LogP contribution in [0.1, 0.15) is 68.3 Å². The molecule has 0 bridgehead atoms. The smallest absolute Gasteiger partial charge is 0.311 e. The molecular weight excluding hydrogens is 280 g/mol. The fraction of sp³-hybridized carbons (Fsp3) is 0.647. The van der Waals surface area contributed by atoms with Crippen LogP contribution in [-0.2, 0) is 4.79 Å². The van der Waals surface area contributed by atoms with E-state index in [-0.39, 0.29) is 18.5 Å². The Morgan fingerprint density at radius 1 is 1.27 bits per heavy atom. The van der Waals surface area contributed by atoms with Gasteiger partial charge >= 0.3 is 5.97 Å². The Hall–Kier alpha value is -1.78. The third-order valence-corrected chi connectivity index (χ3v) is 4.64. The second kappa shape index (κ2) is 6.99. The summed E-state index contributed by atoms with van der Waals surface area (Å²) in [6.45, 7) is 11.9. The molecule has 1 amide bonds. The zero-order valence-electron chi connectivity index (χ0n) is 14.5. The molecule has 1 heterocycles. The van der Waals surface area contributed by atoms with Crippen LogP contribution in [0, 0.1) is 19.3 Å².